The molecule has 0 N–H and O–H groups in total. The minimum Gasteiger partial charge on any atom is -0.493 e. The van der Waals surface area contributed by atoms with Gasteiger partial charge in [-0.3, -0.25) is 4.79 Å². The number of halogens is 2. The highest BCUT2D eigenvalue weighted by atomic mass is 32.2. The molecule has 0 radical (unpaired) electrons. The largest absolute Gasteiger partial charge is 0.493 e. The van der Waals surface area contributed by atoms with Crippen LogP contribution < -0.4 is 9.47 Å². The lowest BCUT2D eigenvalue weighted by Gasteiger charge is -2.26. The number of carbonyl (C=O) groups is 1. The summed E-state index contributed by atoms with van der Waals surface area (Å²) >= 11 is 1.08. The summed E-state index contributed by atoms with van der Waals surface area (Å²) in [6, 6.07) is 5.86. The van der Waals surface area contributed by atoms with E-state index in [1.165, 1.54) is 34.5 Å². The van der Waals surface area contributed by atoms with Gasteiger partial charge >= 0.3 is 6.61 Å². The lowest BCUT2D eigenvalue weighted by molar-refractivity contribution is -0.0512. The second-order valence-electron chi connectivity index (χ2n) is 7.10. The summed E-state index contributed by atoms with van der Waals surface area (Å²) in [6.45, 7) is -1.95. The SMILES string of the molecule is COc1cc(CN(C)C(=O)c2sccc2S(=O)(=O)N2CCCCC2)ccc1OC(F)F. The molecule has 0 saturated carbocycles. The van der Waals surface area contributed by atoms with Crippen LogP contribution in [0.5, 0.6) is 11.5 Å². The van der Waals surface area contributed by atoms with Crippen molar-refractivity contribution < 1.29 is 31.5 Å². The number of nitrogens with zero attached hydrogens (tertiary/aromatic N) is 2. The Morgan fingerprint density at radius 1 is 1.19 bits per heavy atom. The number of amides is 1. The quantitative estimate of drug-likeness (QED) is 0.582. The van der Waals surface area contributed by atoms with Crippen molar-refractivity contribution in [2.24, 2.45) is 0 Å². The Kier molecular flexibility index (Phi) is 7.50. The maximum Gasteiger partial charge on any atom is 0.387 e. The molecule has 0 atom stereocenters. The van der Waals surface area contributed by atoms with Crippen molar-refractivity contribution in [2.45, 2.75) is 37.3 Å². The molecule has 2 aromatic rings. The predicted molar refractivity (Wildman–Crippen MR) is 112 cm³/mol. The Balaban J connectivity index is 1.78. The van der Waals surface area contributed by atoms with Crippen LogP contribution in [0.2, 0.25) is 0 Å². The topological polar surface area (TPSA) is 76.2 Å². The number of ether oxygens (including phenoxy) is 2. The third-order valence-corrected chi connectivity index (χ3v) is 7.94. The summed E-state index contributed by atoms with van der Waals surface area (Å²) in [5.74, 6) is -0.427. The van der Waals surface area contributed by atoms with Gasteiger partial charge in [-0.2, -0.15) is 13.1 Å². The molecule has 1 fully saturated rings. The van der Waals surface area contributed by atoms with Crippen LogP contribution in [0.25, 0.3) is 0 Å². The van der Waals surface area contributed by atoms with Gasteiger partial charge in [-0.1, -0.05) is 12.5 Å². The van der Waals surface area contributed by atoms with E-state index in [2.05, 4.69) is 4.74 Å². The third kappa shape index (κ3) is 5.34. The van der Waals surface area contributed by atoms with Crippen molar-refractivity contribution in [3.05, 3.63) is 40.1 Å². The summed E-state index contributed by atoms with van der Waals surface area (Å²) in [4.78, 5) is 14.6. The van der Waals surface area contributed by atoms with Crippen LogP contribution in [0.15, 0.2) is 34.5 Å². The molecule has 0 bridgehead atoms. The third-order valence-electron chi connectivity index (χ3n) is 4.97. The Hall–Kier alpha value is -2.24. The molecule has 0 spiro atoms. The monoisotopic (exact) mass is 474 g/mol. The second kappa shape index (κ2) is 9.92. The van der Waals surface area contributed by atoms with Gasteiger partial charge in [0.05, 0.1) is 7.11 Å². The molecule has 1 aromatic carbocycles. The number of benzene rings is 1. The van der Waals surface area contributed by atoms with E-state index in [0.717, 1.165) is 30.6 Å². The molecule has 2 heterocycles. The number of methoxy groups -OCH3 is 1. The summed E-state index contributed by atoms with van der Waals surface area (Å²) in [6.07, 6.45) is 2.61. The maximum absolute atomic E-state index is 13.0. The minimum atomic E-state index is -3.74. The van der Waals surface area contributed by atoms with Crippen molar-refractivity contribution in [1.29, 1.82) is 0 Å². The molecule has 11 heteroatoms. The molecule has 7 nitrogen and oxygen atoms in total. The van der Waals surface area contributed by atoms with Gasteiger partial charge < -0.3 is 14.4 Å². The molecule has 1 aliphatic heterocycles. The van der Waals surface area contributed by atoms with E-state index in [1.54, 1.807) is 18.5 Å². The number of carbonyl (C=O) groups excluding carboxylic acids is 1. The van der Waals surface area contributed by atoms with Crippen molar-refractivity contribution in [3.63, 3.8) is 0 Å². The van der Waals surface area contributed by atoms with Crippen LogP contribution in [0.3, 0.4) is 0 Å². The number of sulfonamides is 1. The normalized spacial score (nSPS) is 15.1. The standard InChI is InChI=1S/C20H24F2N2O5S2/c1-23(13-14-6-7-15(29-20(21)22)16(12-14)28-2)19(25)18-17(8-11-30-18)31(26,27)24-9-4-3-5-10-24/h6-8,11-12,20H,3-5,9-10,13H2,1-2H3. The number of hydrogen-bond donors (Lipinski definition) is 0. The van der Waals surface area contributed by atoms with Gasteiger partial charge in [0.1, 0.15) is 9.77 Å². The Labute approximate surface area is 184 Å². The van der Waals surface area contributed by atoms with Crippen molar-refractivity contribution >= 4 is 27.3 Å². The van der Waals surface area contributed by atoms with E-state index in [9.17, 15) is 22.0 Å². The van der Waals surface area contributed by atoms with Crippen LogP contribution in [0.1, 0.15) is 34.5 Å². The summed E-state index contributed by atoms with van der Waals surface area (Å²) < 4.78 is 62.0. The van der Waals surface area contributed by atoms with Crippen LogP contribution in [0.4, 0.5) is 8.78 Å². The molecule has 31 heavy (non-hydrogen) atoms. The Morgan fingerprint density at radius 2 is 1.90 bits per heavy atom. The average Bonchev–Trinajstić information content (AvgIpc) is 3.25. The minimum absolute atomic E-state index is 0.0227. The summed E-state index contributed by atoms with van der Waals surface area (Å²) in [5.41, 5.74) is 0.617. The molecule has 1 amide bonds. The van der Waals surface area contributed by atoms with Crippen molar-refractivity contribution in [2.75, 3.05) is 27.2 Å². The molecular weight excluding hydrogens is 450 g/mol. The van der Waals surface area contributed by atoms with Gasteiger partial charge in [-0.05, 0) is 42.0 Å². The molecule has 0 aliphatic carbocycles. The van der Waals surface area contributed by atoms with Crippen LogP contribution in [-0.4, -0.2) is 57.4 Å². The Morgan fingerprint density at radius 3 is 2.55 bits per heavy atom. The van der Waals surface area contributed by atoms with Crippen molar-refractivity contribution in [3.8, 4) is 11.5 Å². The van der Waals surface area contributed by atoms with Gasteiger partial charge in [-0.25, -0.2) is 8.42 Å². The van der Waals surface area contributed by atoms with Gasteiger partial charge in [0.25, 0.3) is 5.91 Å². The maximum atomic E-state index is 13.0. The van der Waals surface area contributed by atoms with Gasteiger partial charge in [-0.15, -0.1) is 11.3 Å². The fourth-order valence-electron chi connectivity index (χ4n) is 3.42. The van der Waals surface area contributed by atoms with Crippen LogP contribution in [0, 0.1) is 0 Å². The Bertz CT molecular complexity index is 1020. The highest BCUT2D eigenvalue weighted by Gasteiger charge is 2.32. The van der Waals surface area contributed by atoms with E-state index in [4.69, 9.17) is 4.74 Å². The number of piperidine rings is 1. The smallest absolute Gasteiger partial charge is 0.387 e. The van der Waals surface area contributed by atoms with Crippen LogP contribution >= 0.6 is 11.3 Å². The van der Waals surface area contributed by atoms with Crippen molar-refractivity contribution in [1.82, 2.24) is 9.21 Å². The lowest BCUT2D eigenvalue weighted by Crippen LogP contribution is -2.36. The zero-order valence-electron chi connectivity index (χ0n) is 17.2. The van der Waals surface area contributed by atoms with Gasteiger partial charge in [0, 0.05) is 26.7 Å². The number of hydrogen-bond acceptors (Lipinski definition) is 6. The number of thiophene rings is 1. The summed E-state index contributed by atoms with van der Waals surface area (Å²) in [5, 5.41) is 1.59. The highest BCUT2D eigenvalue weighted by molar-refractivity contribution is 7.89. The van der Waals surface area contributed by atoms with Gasteiger partial charge in [0.15, 0.2) is 11.5 Å². The first-order valence-corrected chi connectivity index (χ1v) is 12.0. The number of alkyl halides is 2. The fourth-order valence-corrected chi connectivity index (χ4v) is 6.33. The highest BCUT2D eigenvalue weighted by Crippen LogP contribution is 2.31. The zero-order chi connectivity index (χ0) is 22.6. The second-order valence-corrected chi connectivity index (χ2v) is 9.93. The van der Waals surface area contributed by atoms with E-state index >= 15 is 0 Å². The van der Waals surface area contributed by atoms with E-state index in [-0.39, 0.29) is 27.8 Å². The number of rotatable bonds is 8. The van der Waals surface area contributed by atoms with Crippen LogP contribution in [-0.2, 0) is 16.6 Å². The predicted octanol–water partition coefficient (Wildman–Crippen LogP) is 3.80. The first kappa shape index (κ1) is 23.4. The van der Waals surface area contributed by atoms with E-state index in [1.807, 2.05) is 0 Å². The molecule has 0 unspecified atom stereocenters. The first-order chi connectivity index (χ1) is 14.7. The molecule has 1 saturated heterocycles. The van der Waals surface area contributed by atoms with Gasteiger partial charge in [0.2, 0.25) is 10.0 Å². The van der Waals surface area contributed by atoms with E-state index in [0.29, 0.717) is 18.7 Å². The average molecular weight is 475 g/mol. The van der Waals surface area contributed by atoms with E-state index < -0.39 is 22.5 Å². The molecule has 170 valence electrons. The molecule has 1 aliphatic rings. The molecule has 3 rings (SSSR count). The molecule has 1 aromatic heterocycles. The molecular formula is C20H24F2N2O5S2. The summed E-state index contributed by atoms with van der Waals surface area (Å²) in [7, 11) is -0.860. The fraction of sp³-hybridized carbons (Fsp3) is 0.450. The zero-order valence-corrected chi connectivity index (χ0v) is 18.8. The first-order valence-electron chi connectivity index (χ1n) is 9.69. The lowest BCUT2D eigenvalue weighted by atomic mass is 10.2.